The smallest absolute Gasteiger partial charge is 0.220 e. The molecule has 0 aromatic carbocycles. The van der Waals surface area contributed by atoms with Crippen LogP contribution >= 0.6 is 0 Å². The highest BCUT2D eigenvalue weighted by molar-refractivity contribution is 5.76. The van der Waals surface area contributed by atoms with Crippen molar-refractivity contribution in [3.8, 4) is 0 Å². The summed E-state index contributed by atoms with van der Waals surface area (Å²) in [6.07, 6.45) is 7.80. The number of hydrogen-bond donors (Lipinski definition) is 1. The van der Waals surface area contributed by atoms with E-state index in [1.807, 2.05) is 6.92 Å². The fourth-order valence-electron chi connectivity index (χ4n) is 2.08. The highest BCUT2D eigenvalue weighted by Gasteiger charge is 2.27. The molecular weight excluding hydrogens is 162 g/mol. The van der Waals surface area contributed by atoms with E-state index in [1.54, 1.807) is 0 Å². The van der Waals surface area contributed by atoms with Gasteiger partial charge in [0.1, 0.15) is 0 Å². The molecule has 0 bridgehead atoms. The quantitative estimate of drug-likeness (QED) is 0.716. The Morgan fingerprint density at radius 2 is 1.92 bits per heavy atom. The van der Waals surface area contributed by atoms with Gasteiger partial charge in [-0.1, -0.05) is 26.2 Å². The van der Waals surface area contributed by atoms with E-state index in [0.717, 1.165) is 19.3 Å². The van der Waals surface area contributed by atoms with Gasteiger partial charge < -0.3 is 5.32 Å². The van der Waals surface area contributed by atoms with Crippen LogP contribution in [0.4, 0.5) is 0 Å². The number of carbonyl (C=O) groups excluding carboxylic acids is 1. The minimum absolute atomic E-state index is 0.102. The van der Waals surface area contributed by atoms with Gasteiger partial charge in [-0.25, -0.2) is 0 Å². The minimum Gasteiger partial charge on any atom is -0.351 e. The van der Waals surface area contributed by atoms with Crippen LogP contribution in [0.1, 0.15) is 58.8 Å². The summed E-state index contributed by atoms with van der Waals surface area (Å²) in [6.45, 7) is 4.22. The van der Waals surface area contributed by atoms with Gasteiger partial charge in [-0.05, 0) is 26.2 Å². The van der Waals surface area contributed by atoms with Gasteiger partial charge in [0, 0.05) is 12.0 Å². The summed E-state index contributed by atoms with van der Waals surface area (Å²) >= 11 is 0. The van der Waals surface area contributed by atoms with Gasteiger partial charge in [0.25, 0.3) is 0 Å². The molecule has 0 unspecified atom stereocenters. The second-order valence-electron chi connectivity index (χ2n) is 4.42. The molecule has 0 radical (unpaired) electrons. The van der Waals surface area contributed by atoms with Crippen molar-refractivity contribution in [1.29, 1.82) is 0 Å². The van der Waals surface area contributed by atoms with Gasteiger partial charge in [0.05, 0.1) is 0 Å². The van der Waals surface area contributed by atoms with E-state index >= 15 is 0 Å². The van der Waals surface area contributed by atoms with Crippen LogP contribution in [-0.4, -0.2) is 11.4 Å². The second kappa shape index (κ2) is 4.64. The molecule has 1 aliphatic carbocycles. The molecule has 1 fully saturated rings. The fraction of sp³-hybridized carbons (Fsp3) is 0.909. The zero-order valence-corrected chi connectivity index (χ0v) is 8.86. The molecular formula is C11H21NO. The monoisotopic (exact) mass is 183 g/mol. The summed E-state index contributed by atoms with van der Waals surface area (Å²) in [6, 6.07) is 0. The van der Waals surface area contributed by atoms with Crippen LogP contribution in [0.5, 0.6) is 0 Å². The van der Waals surface area contributed by atoms with Gasteiger partial charge in [-0.2, -0.15) is 0 Å². The first-order valence-corrected chi connectivity index (χ1v) is 5.47. The van der Waals surface area contributed by atoms with Crippen molar-refractivity contribution < 1.29 is 4.79 Å². The Hall–Kier alpha value is -0.530. The number of nitrogens with one attached hydrogen (secondary N) is 1. The van der Waals surface area contributed by atoms with Gasteiger partial charge in [0.15, 0.2) is 0 Å². The Morgan fingerprint density at radius 1 is 1.31 bits per heavy atom. The lowest BCUT2D eigenvalue weighted by Gasteiger charge is -2.34. The van der Waals surface area contributed by atoms with Gasteiger partial charge in [-0.3, -0.25) is 4.79 Å². The number of amides is 1. The Balaban J connectivity index is 2.36. The highest BCUT2D eigenvalue weighted by atomic mass is 16.1. The van der Waals surface area contributed by atoms with Crippen LogP contribution in [0.3, 0.4) is 0 Å². The summed E-state index contributed by atoms with van der Waals surface area (Å²) in [5, 5.41) is 3.16. The maximum Gasteiger partial charge on any atom is 0.220 e. The number of rotatable bonds is 3. The molecule has 0 aromatic rings. The van der Waals surface area contributed by atoms with E-state index in [4.69, 9.17) is 0 Å². The fourth-order valence-corrected chi connectivity index (χ4v) is 2.08. The van der Waals surface area contributed by atoms with Crippen LogP contribution < -0.4 is 5.32 Å². The van der Waals surface area contributed by atoms with Crippen LogP contribution in [-0.2, 0) is 4.79 Å². The minimum atomic E-state index is 0.102. The Kier molecular flexibility index (Phi) is 3.76. The molecule has 1 saturated carbocycles. The molecule has 0 heterocycles. The molecule has 76 valence electrons. The second-order valence-corrected chi connectivity index (χ2v) is 4.42. The first kappa shape index (κ1) is 10.6. The molecule has 0 spiro atoms. The van der Waals surface area contributed by atoms with Crippen molar-refractivity contribution in [2.45, 2.75) is 64.3 Å². The third kappa shape index (κ3) is 3.37. The summed E-state index contributed by atoms with van der Waals surface area (Å²) in [5.41, 5.74) is 0.102. The SMILES string of the molecule is CCCC(=O)NC1(C)CCCCC1. The summed E-state index contributed by atoms with van der Waals surface area (Å²) < 4.78 is 0. The average Bonchev–Trinajstić information content (AvgIpc) is 2.04. The van der Waals surface area contributed by atoms with Crippen molar-refractivity contribution in [3.05, 3.63) is 0 Å². The zero-order valence-electron chi connectivity index (χ0n) is 8.86. The molecule has 1 rings (SSSR count). The Labute approximate surface area is 81.1 Å². The van der Waals surface area contributed by atoms with Crippen LogP contribution in [0.25, 0.3) is 0 Å². The van der Waals surface area contributed by atoms with Crippen LogP contribution in [0, 0.1) is 0 Å². The van der Waals surface area contributed by atoms with E-state index < -0.39 is 0 Å². The molecule has 1 N–H and O–H groups in total. The first-order valence-electron chi connectivity index (χ1n) is 5.47. The molecule has 0 aromatic heterocycles. The average molecular weight is 183 g/mol. The molecule has 2 heteroatoms. The third-order valence-electron chi connectivity index (χ3n) is 2.88. The van der Waals surface area contributed by atoms with Gasteiger partial charge in [0.2, 0.25) is 5.91 Å². The number of carbonyl (C=O) groups is 1. The zero-order chi connectivity index (χ0) is 9.73. The molecule has 0 atom stereocenters. The van der Waals surface area contributed by atoms with E-state index in [-0.39, 0.29) is 11.4 Å². The molecule has 0 aliphatic heterocycles. The maximum absolute atomic E-state index is 11.4. The normalized spacial score (nSPS) is 21.1. The Bertz CT molecular complexity index is 171. The summed E-state index contributed by atoms with van der Waals surface area (Å²) in [4.78, 5) is 11.4. The largest absolute Gasteiger partial charge is 0.351 e. The molecule has 0 saturated heterocycles. The standard InChI is InChI=1S/C11H21NO/c1-3-7-10(13)12-11(2)8-5-4-6-9-11/h3-9H2,1-2H3,(H,12,13). The van der Waals surface area contributed by atoms with E-state index in [1.165, 1.54) is 19.3 Å². The number of hydrogen-bond acceptors (Lipinski definition) is 1. The predicted octanol–water partition coefficient (Wildman–Crippen LogP) is 2.63. The highest BCUT2D eigenvalue weighted by Crippen LogP contribution is 2.27. The lowest BCUT2D eigenvalue weighted by molar-refractivity contribution is -0.123. The van der Waals surface area contributed by atoms with Crippen molar-refractivity contribution in [2.24, 2.45) is 0 Å². The van der Waals surface area contributed by atoms with Crippen molar-refractivity contribution in [1.82, 2.24) is 5.32 Å². The maximum atomic E-state index is 11.4. The molecule has 1 aliphatic rings. The van der Waals surface area contributed by atoms with E-state index in [2.05, 4.69) is 12.2 Å². The molecule has 1 amide bonds. The van der Waals surface area contributed by atoms with E-state index in [0.29, 0.717) is 6.42 Å². The van der Waals surface area contributed by atoms with Crippen LogP contribution in [0.15, 0.2) is 0 Å². The molecule has 2 nitrogen and oxygen atoms in total. The van der Waals surface area contributed by atoms with E-state index in [9.17, 15) is 4.79 Å². The summed E-state index contributed by atoms with van der Waals surface area (Å²) in [7, 11) is 0. The van der Waals surface area contributed by atoms with Crippen LogP contribution in [0.2, 0.25) is 0 Å². The lowest BCUT2D eigenvalue weighted by atomic mass is 9.83. The first-order chi connectivity index (χ1) is 6.16. The van der Waals surface area contributed by atoms with Crippen molar-refractivity contribution in [3.63, 3.8) is 0 Å². The topological polar surface area (TPSA) is 29.1 Å². The third-order valence-corrected chi connectivity index (χ3v) is 2.88. The van der Waals surface area contributed by atoms with Gasteiger partial charge >= 0.3 is 0 Å². The lowest BCUT2D eigenvalue weighted by Crippen LogP contribution is -2.47. The molecule has 13 heavy (non-hydrogen) atoms. The summed E-state index contributed by atoms with van der Waals surface area (Å²) in [5.74, 6) is 0.229. The van der Waals surface area contributed by atoms with Gasteiger partial charge in [-0.15, -0.1) is 0 Å². The predicted molar refractivity (Wildman–Crippen MR) is 54.5 cm³/mol. The van der Waals surface area contributed by atoms with Crippen molar-refractivity contribution >= 4 is 5.91 Å². The van der Waals surface area contributed by atoms with Crippen molar-refractivity contribution in [2.75, 3.05) is 0 Å². The Morgan fingerprint density at radius 3 is 2.46 bits per heavy atom.